The van der Waals surface area contributed by atoms with Crippen molar-refractivity contribution in [3.8, 4) is 0 Å². The number of aryl methyl sites for hydroxylation is 1. The van der Waals surface area contributed by atoms with Gasteiger partial charge >= 0.3 is 0 Å². The van der Waals surface area contributed by atoms with Crippen LogP contribution >= 0.6 is 0 Å². The summed E-state index contributed by atoms with van der Waals surface area (Å²) in [4.78, 5) is 4.50. The van der Waals surface area contributed by atoms with Gasteiger partial charge in [-0.2, -0.15) is 0 Å². The fourth-order valence-electron chi connectivity index (χ4n) is 2.69. The van der Waals surface area contributed by atoms with Gasteiger partial charge in [-0.3, -0.25) is 4.98 Å². The molecular weight excluding hydrogens is 232 g/mol. The average Bonchev–Trinajstić information content (AvgIpc) is 2.96. The first-order valence-electron chi connectivity index (χ1n) is 7.05. The zero-order chi connectivity index (χ0) is 13.1. The number of pyridine rings is 1. The summed E-state index contributed by atoms with van der Waals surface area (Å²) in [5.74, 6) is 0. The molecule has 1 aliphatic heterocycles. The first-order valence-corrected chi connectivity index (χ1v) is 7.05. The van der Waals surface area contributed by atoms with Gasteiger partial charge in [0.05, 0.1) is 0 Å². The molecule has 1 fully saturated rings. The molecule has 1 atom stereocenters. The minimum Gasteiger partial charge on any atom is -0.310 e. The molecular formula is C17H20N2. The van der Waals surface area contributed by atoms with E-state index in [1.807, 2.05) is 6.20 Å². The molecule has 2 heteroatoms. The van der Waals surface area contributed by atoms with E-state index in [1.54, 1.807) is 0 Å². The lowest BCUT2D eigenvalue weighted by Crippen LogP contribution is -2.13. The summed E-state index contributed by atoms with van der Waals surface area (Å²) in [7, 11) is 0. The van der Waals surface area contributed by atoms with E-state index in [-0.39, 0.29) is 0 Å². The maximum Gasteiger partial charge on any atom is 0.0450 e. The lowest BCUT2D eigenvalue weighted by atomic mass is 10.0. The van der Waals surface area contributed by atoms with Gasteiger partial charge in [-0.05, 0) is 49.6 Å². The lowest BCUT2D eigenvalue weighted by molar-refractivity contribution is 0.645. The summed E-state index contributed by atoms with van der Waals surface area (Å²) in [6, 6.07) is 13.6. The van der Waals surface area contributed by atoms with Crippen LogP contribution in [0.25, 0.3) is 0 Å². The van der Waals surface area contributed by atoms with Crippen molar-refractivity contribution >= 4 is 0 Å². The third-order valence-electron chi connectivity index (χ3n) is 3.81. The van der Waals surface area contributed by atoms with E-state index in [4.69, 9.17) is 0 Å². The molecule has 0 radical (unpaired) electrons. The van der Waals surface area contributed by atoms with Crippen molar-refractivity contribution in [2.75, 3.05) is 6.54 Å². The molecule has 1 N–H and O–H groups in total. The number of rotatable bonds is 3. The number of benzene rings is 1. The lowest BCUT2D eigenvalue weighted by Gasteiger charge is -2.11. The van der Waals surface area contributed by atoms with Crippen molar-refractivity contribution in [2.45, 2.75) is 32.2 Å². The minimum atomic E-state index is 0.528. The predicted octanol–water partition coefficient (Wildman–Crippen LogP) is 3.41. The predicted molar refractivity (Wildman–Crippen MR) is 78.2 cm³/mol. The molecule has 0 saturated carbocycles. The van der Waals surface area contributed by atoms with E-state index in [2.05, 4.69) is 53.6 Å². The summed E-state index contributed by atoms with van der Waals surface area (Å²) < 4.78 is 0. The summed E-state index contributed by atoms with van der Waals surface area (Å²) in [6.07, 6.45) is 5.38. The van der Waals surface area contributed by atoms with Gasteiger partial charge < -0.3 is 5.32 Å². The van der Waals surface area contributed by atoms with Gasteiger partial charge in [-0.15, -0.1) is 0 Å². The molecule has 98 valence electrons. The Hall–Kier alpha value is -1.67. The smallest absolute Gasteiger partial charge is 0.0450 e. The highest BCUT2D eigenvalue weighted by Crippen LogP contribution is 2.23. The van der Waals surface area contributed by atoms with E-state index >= 15 is 0 Å². The van der Waals surface area contributed by atoms with Gasteiger partial charge in [0.1, 0.15) is 0 Å². The van der Waals surface area contributed by atoms with Crippen LogP contribution in [0, 0.1) is 6.92 Å². The van der Waals surface area contributed by atoms with Gasteiger partial charge in [-0.25, -0.2) is 0 Å². The molecule has 0 amide bonds. The maximum atomic E-state index is 4.50. The van der Waals surface area contributed by atoms with Crippen molar-refractivity contribution in [1.82, 2.24) is 10.3 Å². The van der Waals surface area contributed by atoms with E-state index in [0.29, 0.717) is 6.04 Å². The Morgan fingerprint density at radius 3 is 2.79 bits per heavy atom. The van der Waals surface area contributed by atoms with Crippen molar-refractivity contribution < 1.29 is 0 Å². The standard InChI is InChI=1S/C17H20N2/c1-13-4-6-14(7-5-13)11-16-12-15(8-10-18-16)17-3-2-9-19-17/h4-8,10,12,17,19H,2-3,9,11H2,1H3. The fraction of sp³-hybridized carbons (Fsp3) is 0.353. The van der Waals surface area contributed by atoms with Crippen molar-refractivity contribution in [3.05, 3.63) is 65.0 Å². The Kier molecular flexibility index (Phi) is 3.60. The highest BCUT2D eigenvalue weighted by atomic mass is 14.9. The molecule has 1 saturated heterocycles. The van der Waals surface area contributed by atoms with Gasteiger partial charge in [0.25, 0.3) is 0 Å². The Balaban J connectivity index is 1.77. The van der Waals surface area contributed by atoms with Crippen LogP contribution in [0.1, 0.15) is 41.3 Å². The second kappa shape index (κ2) is 5.54. The number of nitrogens with zero attached hydrogens (tertiary/aromatic N) is 1. The van der Waals surface area contributed by atoms with Crippen LogP contribution in [0.5, 0.6) is 0 Å². The number of nitrogens with one attached hydrogen (secondary N) is 1. The SMILES string of the molecule is Cc1ccc(Cc2cc(C3CCCN3)ccn2)cc1. The molecule has 0 bridgehead atoms. The summed E-state index contributed by atoms with van der Waals surface area (Å²) in [5, 5.41) is 3.54. The maximum absolute atomic E-state index is 4.50. The molecule has 2 heterocycles. The van der Waals surface area contributed by atoms with E-state index in [1.165, 1.54) is 29.5 Å². The highest BCUT2D eigenvalue weighted by molar-refractivity contribution is 5.28. The second-order valence-corrected chi connectivity index (χ2v) is 5.39. The summed E-state index contributed by atoms with van der Waals surface area (Å²) in [5.41, 5.74) is 5.18. The largest absolute Gasteiger partial charge is 0.310 e. The van der Waals surface area contributed by atoms with Crippen LogP contribution in [-0.2, 0) is 6.42 Å². The van der Waals surface area contributed by atoms with Crippen LogP contribution in [0.3, 0.4) is 0 Å². The molecule has 1 unspecified atom stereocenters. The first kappa shape index (κ1) is 12.4. The van der Waals surface area contributed by atoms with E-state index in [0.717, 1.165) is 18.7 Å². The quantitative estimate of drug-likeness (QED) is 0.905. The monoisotopic (exact) mass is 252 g/mol. The molecule has 1 aliphatic rings. The first-order chi connectivity index (χ1) is 9.31. The van der Waals surface area contributed by atoms with Gasteiger partial charge in [-0.1, -0.05) is 29.8 Å². The van der Waals surface area contributed by atoms with E-state index in [9.17, 15) is 0 Å². The molecule has 1 aromatic heterocycles. The molecule has 2 nitrogen and oxygen atoms in total. The molecule has 1 aromatic carbocycles. The second-order valence-electron chi connectivity index (χ2n) is 5.39. The number of hydrogen-bond acceptors (Lipinski definition) is 2. The third kappa shape index (κ3) is 3.02. The highest BCUT2D eigenvalue weighted by Gasteiger charge is 2.16. The van der Waals surface area contributed by atoms with Crippen molar-refractivity contribution in [1.29, 1.82) is 0 Å². The van der Waals surface area contributed by atoms with Crippen molar-refractivity contribution in [2.24, 2.45) is 0 Å². The van der Waals surface area contributed by atoms with Crippen LogP contribution in [0.2, 0.25) is 0 Å². The zero-order valence-corrected chi connectivity index (χ0v) is 11.4. The Bertz CT molecular complexity index is 539. The third-order valence-corrected chi connectivity index (χ3v) is 3.81. The Morgan fingerprint density at radius 1 is 1.21 bits per heavy atom. The molecule has 19 heavy (non-hydrogen) atoms. The Morgan fingerprint density at radius 2 is 2.05 bits per heavy atom. The molecule has 2 aromatic rings. The average molecular weight is 252 g/mol. The summed E-state index contributed by atoms with van der Waals surface area (Å²) in [6.45, 7) is 3.26. The van der Waals surface area contributed by atoms with Crippen LogP contribution in [-0.4, -0.2) is 11.5 Å². The van der Waals surface area contributed by atoms with E-state index < -0.39 is 0 Å². The number of aromatic nitrogens is 1. The molecule has 0 spiro atoms. The summed E-state index contributed by atoms with van der Waals surface area (Å²) >= 11 is 0. The minimum absolute atomic E-state index is 0.528. The topological polar surface area (TPSA) is 24.9 Å². The van der Waals surface area contributed by atoms with Crippen LogP contribution < -0.4 is 5.32 Å². The van der Waals surface area contributed by atoms with Gasteiger partial charge in [0.15, 0.2) is 0 Å². The fourth-order valence-corrected chi connectivity index (χ4v) is 2.69. The van der Waals surface area contributed by atoms with Crippen LogP contribution in [0.4, 0.5) is 0 Å². The number of hydrogen-bond donors (Lipinski definition) is 1. The molecule has 0 aliphatic carbocycles. The zero-order valence-electron chi connectivity index (χ0n) is 11.4. The van der Waals surface area contributed by atoms with Crippen molar-refractivity contribution in [3.63, 3.8) is 0 Å². The van der Waals surface area contributed by atoms with Crippen LogP contribution in [0.15, 0.2) is 42.6 Å². The Labute approximate surface area is 114 Å². The van der Waals surface area contributed by atoms with Gasteiger partial charge in [0.2, 0.25) is 0 Å². The molecule has 3 rings (SSSR count). The van der Waals surface area contributed by atoms with Gasteiger partial charge in [0, 0.05) is 24.4 Å². The normalized spacial score (nSPS) is 18.7.